The Balaban J connectivity index is -0.000000261. The van der Waals surface area contributed by atoms with E-state index in [0.29, 0.717) is 43.3 Å². The normalized spacial score (nSPS) is 17.6. The summed E-state index contributed by atoms with van der Waals surface area (Å²) in [6.45, 7) is 64.3. The van der Waals surface area contributed by atoms with Gasteiger partial charge in [-0.3, -0.25) is 0 Å². The van der Waals surface area contributed by atoms with Crippen molar-refractivity contribution in [3.8, 4) is 0 Å². The molecule has 2 saturated carbocycles. The first kappa shape index (κ1) is 57.7. The van der Waals surface area contributed by atoms with Gasteiger partial charge in [0.15, 0.2) is 0 Å². The zero-order valence-corrected chi connectivity index (χ0v) is 42.1. The van der Waals surface area contributed by atoms with Gasteiger partial charge in [-0.05, 0) is 99.1 Å². The minimum atomic E-state index is 0.437. The summed E-state index contributed by atoms with van der Waals surface area (Å²) in [5.74, 6) is 3.66. The fourth-order valence-corrected chi connectivity index (χ4v) is 5.96. The van der Waals surface area contributed by atoms with E-state index in [0.717, 1.165) is 23.7 Å². The van der Waals surface area contributed by atoms with Gasteiger partial charge >= 0.3 is 0 Å². The summed E-state index contributed by atoms with van der Waals surface area (Å²) >= 11 is 0. The molecule has 2 rings (SSSR count). The lowest BCUT2D eigenvalue weighted by Gasteiger charge is -2.34. The van der Waals surface area contributed by atoms with Crippen LogP contribution in [0.25, 0.3) is 0 Å². The van der Waals surface area contributed by atoms with Crippen LogP contribution in [0.1, 0.15) is 264 Å². The molecule has 2 aliphatic rings. The molecule has 0 N–H and O–H groups in total. The topological polar surface area (TPSA) is 0 Å². The van der Waals surface area contributed by atoms with Crippen molar-refractivity contribution < 1.29 is 0 Å². The quantitative estimate of drug-likeness (QED) is 0.253. The van der Waals surface area contributed by atoms with E-state index in [9.17, 15) is 0 Å². The van der Waals surface area contributed by atoms with Gasteiger partial charge < -0.3 is 0 Å². The van der Waals surface area contributed by atoms with Crippen LogP contribution in [0.15, 0.2) is 0 Å². The van der Waals surface area contributed by atoms with Crippen molar-refractivity contribution in [2.75, 3.05) is 0 Å². The highest BCUT2D eigenvalue weighted by atomic mass is 14.3. The molecule has 0 radical (unpaired) electrons. The van der Waals surface area contributed by atoms with E-state index in [2.05, 4.69) is 194 Å². The molecule has 51 heavy (non-hydrogen) atoms. The fourth-order valence-electron chi connectivity index (χ4n) is 5.96. The van der Waals surface area contributed by atoms with Gasteiger partial charge in [-0.25, -0.2) is 0 Å². The Morgan fingerprint density at radius 1 is 0.392 bits per heavy atom. The Bertz CT molecular complexity index is 759. The second-order valence-corrected chi connectivity index (χ2v) is 26.0. The maximum Gasteiger partial charge on any atom is -0.0334 e. The minimum Gasteiger partial charge on any atom is -0.0651 e. The number of hydrogen-bond donors (Lipinski definition) is 0. The second kappa shape index (κ2) is 23.8. The van der Waals surface area contributed by atoms with Crippen molar-refractivity contribution in [2.45, 2.75) is 264 Å². The fraction of sp³-hybridized carbons (Fsp3) is 1.00. The summed E-state index contributed by atoms with van der Waals surface area (Å²) in [5, 5.41) is 0. The first-order valence-corrected chi connectivity index (χ1v) is 22.1. The molecule has 0 aliphatic heterocycles. The van der Waals surface area contributed by atoms with Crippen LogP contribution in [-0.4, -0.2) is 0 Å². The Kier molecular flexibility index (Phi) is 27.0. The van der Waals surface area contributed by atoms with Crippen LogP contribution in [0.4, 0.5) is 0 Å². The van der Waals surface area contributed by atoms with Gasteiger partial charge in [-0.15, -0.1) is 0 Å². The van der Waals surface area contributed by atoms with Gasteiger partial charge in [0.1, 0.15) is 0 Å². The van der Waals surface area contributed by atoms with Gasteiger partial charge in [-0.1, -0.05) is 232 Å². The van der Waals surface area contributed by atoms with Crippen LogP contribution in [0, 0.1) is 67.0 Å². The molecule has 1 unspecified atom stereocenters. The molecule has 0 aromatic carbocycles. The van der Waals surface area contributed by atoms with E-state index in [1.54, 1.807) is 0 Å². The minimum absolute atomic E-state index is 0.437. The van der Waals surface area contributed by atoms with E-state index < -0.39 is 0 Å². The lowest BCUT2D eigenvalue weighted by Crippen LogP contribution is -2.25. The molecule has 2 fully saturated rings. The van der Waals surface area contributed by atoms with Crippen molar-refractivity contribution in [2.24, 2.45) is 67.0 Å². The lowest BCUT2D eigenvalue weighted by molar-refractivity contribution is 0.157. The molecule has 0 heterocycles. The molecular weight excluding hydrogens is 613 g/mol. The van der Waals surface area contributed by atoms with Crippen molar-refractivity contribution in [3.05, 3.63) is 0 Å². The van der Waals surface area contributed by atoms with Gasteiger partial charge in [0.2, 0.25) is 0 Å². The molecule has 0 aromatic heterocycles. The van der Waals surface area contributed by atoms with Crippen LogP contribution in [0.5, 0.6) is 0 Å². The SMILES string of the molecule is CC(C)(C)C(C)(C)C.CC(C)(C)C1CCCC1.CC(C)(C)C1CCCCC1.CC(C)(C)CC(C)(C)C.CC(C)C(C)(C)C.CCC(C)C(C)(C)C. The van der Waals surface area contributed by atoms with E-state index in [4.69, 9.17) is 0 Å². The van der Waals surface area contributed by atoms with Crippen molar-refractivity contribution in [3.63, 3.8) is 0 Å². The second-order valence-electron chi connectivity index (χ2n) is 26.0. The van der Waals surface area contributed by atoms with Crippen LogP contribution >= 0.6 is 0 Å². The molecule has 0 bridgehead atoms. The molecule has 314 valence electrons. The maximum absolute atomic E-state index is 2.38. The lowest BCUT2D eigenvalue weighted by atomic mass is 9.71. The first-order chi connectivity index (χ1) is 22.1. The van der Waals surface area contributed by atoms with E-state index >= 15 is 0 Å². The molecule has 0 heteroatoms. The Morgan fingerprint density at radius 2 is 0.627 bits per heavy atom. The molecule has 0 aromatic rings. The van der Waals surface area contributed by atoms with E-state index in [1.165, 1.54) is 70.6 Å². The third-order valence-electron chi connectivity index (χ3n) is 12.5. The monoisotopic (exact) mass is 723 g/mol. The molecular formula is C51H110. The smallest absolute Gasteiger partial charge is 0.0334 e. The third kappa shape index (κ3) is 36.7. The van der Waals surface area contributed by atoms with Gasteiger partial charge in [0.25, 0.3) is 0 Å². The van der Waals surface area contributed by atoms with Crippen molar-refractivity contribution in [1.29, 1.82) is 0 Å². The van der Waals surface area contributed by atoms with Crippen LogP contribution < -0.4 is 0 Å². The van der Waals surface area contributed by atoms with Crippen LogP contribution in [0.3, 0.4) is 0 Å². The average molecular weight is 723 g/mol. The standard InChI is InChI=1S/C10H20.C9H18.C9H20.2C8H18.C7H16/c1-10(2,3)9-7-5-4-6-8-9;1-9(2,3)8-6-4-5-7-8;1-8(2,3)7-9(4,5)6;1-7(2,3)8(4,5)6;1-6-7(2)8(3,4)5;1-6(2)7(3,4)5/h9H,4-8H2,1-3H3;8H,4-7H2,1-3H3;7H2,1-6H3;1-6H3;7H,6H2,1-5H3;6H,1-5H3. The maximum atomic E-state index is 2.38. The van der Waals surface area contributed by atoms with Crippen molar-refractivity contribution in [1.82, 2.24) is 0 Å². The third-order valence-corrected chi connectivity index (χ3v) is 12.5. The highest BCUT2D eigenvalue weighted by Crippen LogP contribution is 2.39. The number of hydrogen-bond acceptors (Lipinski definition) is 0. The van der Waals surface area contributed by atoms with Gasteiger partial charge in [0, 0.05) is 0 Å². The van der Waals surface area contributed by atoms with Gasteiger partial charge in [-0.2, -0.15) is 0 Å². The summed E-state index contributed by atoms with van der Waals surface area (Å²) in [5.41, 5.74) is 4.00. The predicted octanol–water partition coefficient (Wildman–Crippen LogP) is 19.1. The van der Waals surface area contributed by atoms with Crippen molar-refractivity contribution >= 4 is 0 Å². The first-order valence-electron chi connectivity index (χ1n) is 22.1. The summed E-state index contributed by atoms with van der Waals surface area (Å²) in [6.07, 6.45) is 15.9. The average Bonchev–Trinajstić information content (AvgIpc) is 3.42. The van der Waals surface area contributed by atoms with Gasteiger partial charge in [0.05, 0.1) is 0 Å². The summed E-state index contributed by atoms with van der Waals surface area (Å²) in [7, 11) is 0. The summed E-state index contributed by atoms with van der Waals surface area (Å²) < 4.78 is 0. The highest BCUT2D eigenvalue weighted by molar-refractivity contribution is 4.79. The summed E-state index contributed by atoms with van der Waals surface area (Å²) in [6, 6.07) is 0. The highest BCUT2D eigenvalue weighted by Gasteiger charge is 2.28. The zero-order chi connectivity index (χ0) is 42.1. The molecule has 0 nitrogen and oxygen atoms in total. The van der Waals surface area contributed by atoms with E-state index in [-0.39, 0.29) is 0 Å². The molecule has 0 saturated heterocycles. The Labute approximate surface area is 330 Å². The van der Waals surface area contributed by atoms with E-state index in [1.807, 2.05) is 0 Å². The molecule has 2 aliphatic carbocycles. The zero-order valence-electron chi connectivity index (χ0n) is 42.1. The molecule has 0 spiro atoms. The molecule has 1 atom stereocenters. The summed E-state index contributed by atoms with van der Waals surface area (Å²) in [4.78, 5) is 0. The Morgan fingerprint density at radius 3 is 0.706 bits per heavy atom. The predicted molar refractivity (Wildman–Crippen MR) is 243 cm³/mol. The largest absolute Gasteiger partial charge is 0.0651 e. The number of rotatable bonds is 1. The molecule has 0 amide bonds. The Hall–Kier alpha value is 0. The van der Waals surface area contributed by atoms with Crippen LogP contribution in [-0.2, 0) is 0 Å². The van der Waals surface area contributed by atoms with Crippen LogP contribution in [0.2, 0.25) is 0 Å².